The molecule has 0 saturated heterocycles. The first-order chi connectivity index (χ1) is 8.49. The van der Waals surface area contributed by atoms with E-state index < -0.39 is 5.97 Å². The fourth-order valence-electron chi connectivity index (χ4n) is 1.23. The van der Waals surface area contributed by atoms with Crippen LogP contribution >= 0.6 is 0 Å². The van der Waals surface area contributed by atoms with E-state index in [9.17, 15) is 14.4 Å². The maximum Gasteiger partial charge on any atom is 0.335 e. The van der Waals surface area contributed by atoms with Gasteiger partial charge in [0, 0.05) is 13.5 Å². The molecule has 1 aromatic rings. The zero-order valence-electron chi connectivity index (χ0n) is 9.90. The predicted octanol–water partition coefficient (Wildman–Crippen LogP) is 0.137. The molecule has 1 aromatic carbocycles. The Labute approximate surface area is 104 Å². The number of aromatic carboxylic acids is 1. The van der Waals surface area contributed by atoms with E-state index in [0.29, 0.717) is 0 Å². The van der Waals surface area contributed by atoms with Gasteiger partial charge >= 0.3 is 5.97 Å². The molecule has 0 aliphatic rings. The summed E-state index contributed by atoms with van der Waals surface area (Å²) in [5.41, 5.74) is 0.986. The van der Waals surface area contributed by atoms with Crippen molar-refractivity contribution in [3.05, 3.63) is 35.4 Å². The maximum atomic E-state index is 11.3. The van der Waals surface area contributed by atoms with Gasteiger partial charge in [0.2, 0.25) is 11.8 Å². The number of carbonyl (C=O) groups is 3. The van der Waals surface area contributed by atoms with Gasteiger partial charge in [-0.3, -0.25) is 9.59 Å². The standard InChI is InChI=1S/C12H14N2O4/c1-8(15)13-7-11(16)14-6-9-2-4-10(5-3-9)12(17)18/h2-5H,6-7H2,1H3,(H,13,15)(H,14,16)(H,17,18). The minimum absolute atomic E-state index is 0.0669. The fourth-order valence-corrected chi connectivity index (χ4v) is 1.23. The Morgan fingerprint density at radius 1 is 1.11 bits per heavy atom. The van der Waals surface area contributed by atoms with Crippen LogP contribution in [0.4, 0.5) is 0 Å². The average molecular weight is 250 g/mol. The van der Waals surface area contributed by atoms with Crippen molar-refractivity contribution in [3.63, 3.8) is 0 Å². The molecular weight excluding hydrogens is 236 g/mol. The minimum atomic E-state index is -0.990. The van der Waals surface area contributed by atoms with Crippen LogP contribution in [0.3, 0.4) is 0 Å². The molecule has 18 heavy (non-hydrogen) atoms. The van der Waals surface area contributed by atoms with E-state index in [4.69, 9.17) is 5.11 Å². The van der Waals surface area contributed by atoms with E-state index in [0.717, 1.165) is 5.56 Å². The first-order valence-electron chi connectivity index (χ1n) is 5.32. The highest BCUT2D eigenvalue weighted by atomic mass is 16.4. The smallest absolute Gasteiger partial charge is 0.335 e. The molecule has 0 bridgehead atoms. The number of amides is 2. The summed E-state index contributed by atoms with van der Waals surface area (Å²) in [5, 5.41) is 13.7. The molecule has 2 amide bonds. The molecule has 0 heterocycles. The number of hydrogen-bond acceptors (Lipinski definition) is 3. The lowest BCUT2D eigenvalue weighted by atomic mass is 10.1. The molecule has 6 nitrogen and oxygen atoms in total. The van der Waals surface area contributed by atoms with Gasteiger partial charge in [0.05, 0.1) is 12.1 Å². The summed E-state index contributed by atoms with van der Waals surface area (Å²) in [6.07, 6.45) is 0. The lowest BCUT2D eigenvalue weighted by Crippen LogP contribution is -2.35. The third kappa shape index (κ3) is 4.65. The highest BCUT2D eigenvalue weighted by Crippen LogP contribution is 2.03. The number of carboxylic acid groups (broad SMARTS) is 1. The molecule has 3 N–H and O–H groups in total. The normalized spacial score (nSPS) is 9.61. The minimum Gasteiger partial charge on any atom is -0.478 e. The van der Waals surface area contributed by atoms with Gasteiger partial charge in [-0.25, -0.2) is 4.79 Å². The lowest BCUT2D eigenvalue weighted by molar-refractivity contribution is -0.125. The van der Waals surface area contributed by atoms with Crippen molar-refractivity contribution in [2.75, 3.05) is 6.54 Å². The van der Waals surface area contributed by atoms with Crippen LogP contribution in [-0.4, -0.2) is 29.4 Å². The van der Waals surface area contributed by atoms with Gasteiger partial charge in [-0.05, 0) is 17.7 Å². The Bertz CT molecular complexity index is 454. The van der Waals surface area contributed by atoms with Gasteiger partial charge in [0.15, 0.2) is 0 Å². The number of hydrogen-bond donors (Lipinski definition) is 3. The Kier molecular flexibility index (Phi) is 4.86. The molecule has 0 aliphatic carbocycles. The molecule has 1 rings (SSSR count). The fraction of sp³-hybridized carbons (Fsp3) is 0.250. The number of carbonyl (C=O) groups excluding carboxylic acids is 2. The molecule has 96 valence electrons. The molecule has 0 atom stereocenters. The van der Waals surface area contributed by atoms with Crippen LogP contribution in [0.15, 0.2) is 24.3 Å². The summed E-state index contributed by atoms with van der Waals surface area (Å²) in [5.74, 6) is -1.56. The van der Waals surface area contributed by atoms with Gasteiger partial charge < -0.3 is 15.7 Å². The summed E-state index contributed by atoms with van der Waals surface area (Å²) in [7, 11) is 0. The van der Waals surface area contributed by atoms with E-state index in [1.165, 1.54) is 19.1 Å². The first-order valence-corrected chi connectivity index (χ1v) is 5.32. The average Bonchev–Trinajstić information content (AvgIpc) is 2.34. The topological polar surface area (TPSA) is 95.5 Å². The molecule has 0 spiro atoms. The van der Waals surface area contributed by atoms with E-state index in [-0.39, 0.29) is 30.5 Å². The number of carboxylic acids is 1. The van der Waals surface area contributed by atoms with Crippen molar-refractivity contribution < 1.29 is 19.5 Å². The predicted molar refractivity (Wildman–Crippen MR) is 63.9 cm³/mol. The highest BCUT2D eigenvalue weighted by molar-refractivity contribution is 5.87. The van der Waals surface area contributed by atoms with Gasteiger partial charge in [0.25, 0.3) is 0 Å². The zero-order chi connectivity index (χ0) is 13.5. The lowest BCUT2D eigenvalue weighted by Gasteiger charge is -2.06. The summed E-state index contributed by atoms with van der Waals surface area (Å²) in [4.78, 5) is 32.5. The first kappa shape index (κ1) is 13.7. The second-order valence-corrected chi connectivity index (χ2v) is 3.69. The quantitative estimate of drug-likeness (QED) is 0.692. The zero-order valence-corrected chi connectivity index (χ0v) is 9.90. The van der Waals surface area contributed by atoms with E-state index >= 15 is 0 Å². The third-order valence-electron chi connectivity index (χ3n) is 2.19. The van der Waals surface area contributed by atoms with Crippen LogP contribution in [0.1, 0.15) is 22.8 Å². The highest BCUT2D eigenvalue weighted by Gasteiger charge is 2.04. The van der Waals surface area contributed by atoms with Crippen molar-refractivity contribution in [2.24, 2.45) is 0 Å². The van der Waals surface area contributed by atoms with E-state index in [2.05, 4.69) is 10.6 Å². The van der Waals surface area contributed by atoms with Gasteiger partial charge in [-0.15, -0.1) is 0 Å². The van der Waals surface area contributed by atoms with Gasteiger partial charge in [0.1, 0.15) is 0 Å². The second kappa shape index (κ2) is 6.39. The summed E-state index contributed by atoms with van der Waals surface area (Å²) in [6, 6.07) is 6.19. The maximum absolute atomic E-state index is 11.3. The van der Waals surface area contributed by atoms with Crippen molar-refractivity contribution in [3.8, 4) is 0 Å². The largest absolute Gasteiger partial charge is 0.478 e. The number of rotatable bonds is 5. The van der Waals surface area contributed by atoms with Crippen LogP contribution in [0.2, 0.25) is 0 Å². The molecule has 0 unspecified atom stereocenters. The molecular formula is C12H14N2O4. The number of nitrogens with one attached hydrogen (secondary N) is 2. The Balaban J connectivity index is 2.41. The molecule has 6 heteroatoms. The van der Waals surface area contributed by atoms with Gasteiger partial charge in [-0.2, -0.15) is 0 Å². The Morgan fingerprint density at radius 3 is 2.22 bits per heavy atom. The monoisotopic (exact) mass is 250 g/mol. The Morgan fingerprint density at radius 2 is 1.72 bits per heavy atom. The van der Waals surface area contributed by atoms with Crippen LogP contribution in [0.5, 0.6) is 0 Å². The van der Waals surface area contributed by atoms with Crippen LogP contribution in [0.25, 0.3) is 0 Å². The molecule has 0 radical (unpaired) electrons. The van der Waals surface area contributed by atoms with Crippen LogP contribution < -0.4 is 10.6 Å². The van der Waals surface area contributed by atoms with Crippen molar-refractivity contribution in [2.45, 2.75) is 13.5 Å². The number of benzene rings is 1. The van der Waals surface area contributed by atoms with Crippen molar-refractivity contribution in [1.29, 1.82) is 0 Å². The molecule has 0 aliphatic heterocycles. The summed E-state index contributed by atoms with van der Waals surface area (Å²) < 4.78 is 0. The Hall–Kier alpha value is -2.37. The molecule has 0 saturated carbocycles. The molecule has 0 aromatic heterocycles. The summed E-state index contributed by atoms with van der Waals surface area (Å²) >= 11 is 0. The second-order valence-electron chi connectivity index (χ2n) is 3.69. The van der Waals surface area contributed by atoms with Crippen LogP contribution in [-0.2, 0) is 16.1 Å². The summed E-state index contributed by atoms with van der Waals surface area (Å²) in [6.45, 7) is 1.55. The van der Waals surface area contributed by atoms with Crippen molar-refractivity contribution in [1.82, 2.24) is 10.6 Å². The molecule has 0 fully saturated rings. The third-order valence-corrected chi connectivity index (χ3v) is 2.19. The van der Waals surface area contributed by atoms with Crippen LogP contribution in [0, 0.1) is 0 Å². The van der Waals surface area contributed by atoms with E-state index in [1.807, 2.05) is 0 Å². The van der Waals surface area contributed by atoms with Gasteiger partial charge in [-0.1, -0.05) is 12.1 Å². The van der Waals surface area contributed by atoms with Crippen molar-refractivity contribution >= 4 is 17.8 Å². The SMILES string of the molecule is CC(=O)NCC(=O)NCc1ccc(C(=O)O)cc1. The van der Waals surface area contributed by atoms with E-state index in [1.54, 1.807) is 12.1 Å².